The zero-order valence-corrected chi connectivity index (χ0v) is 14.0. The van der Waals surface area contributed by atoms with E-state index in [2.05, 4.69) is 15.7 Å². The zero-order chi connectivity index (χ0) is 18.2. The fourth-order valence-electron chi connectivity index (χ4n) is 2.23. The molecule has 2 heterocycles. The van der Waals surface area contributed by atoms with Gasteiger partial charge in [-0.05, 0) is 30.3 Å². The van der Waals surface area contributed by atoms with Crippen molar-refractivity contribution in [1.82, 2.24) is 20.4 Å². The summed E-state index contributed by atoms with van der Waals surface area (Å²) in [5.74, 6) is -0.315. The lowest BCUT2D eigenvalue weighted by atomic mass is 10.3. The van der Waals surface area contributed by atoms with E-state index in [-0.39, 0.29) is 17.6 Å². The molecule has 0 radical (unpaired) electrons. The molecule has 0 aliphatic heterocycles. The molecule has 132 valence electrons. The molecule has 0 bridgehead atoms. The predicted molar refractivity (Wildman–Crippen MR) is 96.6 cm³/mol. The molecule has 2 amide bonds. The molecular weight excluding hydrogens is 332 g/mol. The Morgan fingerprint density at radius 1 is 1.08 bits per heavy atom. The number of para-hydroxylation sites is 1. The van der Waals surface area contributed by atoms with E-state index in [9.17, 15) is 9.59 Å². The van der Waals surface area contributed by atoms with Gasteiger partial charge < -0.3 is 15.1 Å². The maximum atomic E-state index is 11.8. The zero-order valence-electron chi connectivity index (χ0n) is 14.0. The first kappa shape index (κ1) is 17.2. The minimum atomic E-state index is -0.312. The van der Waals surface area contributed by atoms with Crippen molar-refractivity contribution in [3.05, 3.63) is 78.5 Å². The van der Waals surface area contributed by atoms with Gasteiger partial charge in [0, 0.05) is 30.9 Å². The smallest absolute Gasteiger partial charge is 0.287 e. The third-order valence-corrected chi connectivity index (χ3v) is 3.51. The van der Waals surface area contributed by atoms with Gasteiger partial charge in [0.1, 0.15) is 0 Å². The van der Waals surface area contributed by atoms with Crippen molar-refractivity contribution >= 4 is 17.9 Å². The van der Waals surface area contributed by atoms with Crippen molar-refractivity contribution in [3.8, 4) is 5.69 Å². The van der Waals surface area contributed by atoms with E-state index in [0.29, 0.717) is 13.1 Å². The number of aromatic nitrogens is 2. The Morgan fingerprint density at radius 3 is 2.65 bits per heavy atom. The van der Waals surface area contributed by atoms with E-state index in [0.717, 1.165) is 11.3 Å². The summed E-state index contributed by atoms with van der Waals surface area (Å²) in [6.07, 6.45) is 8.06. The van der Waals surface area contributed by atoms with E-state index in [1.807, 2.05) is 36.5 Å². The third kappa shape index (κ3) is 4.70. The molecule has 0 fully saturated rings. The minimum absolute atomic E-state index is 0.242. The van der Waals surface area contributed by atoms with Crippen LogP contribution >= 0.6 is 0 Å². The number of carbonyl (C=O) groups is 2. The van der Waals surface area contributed by atoms with Crippen molar-refractivity contribution in [2.45, 2.75) is 0 Å². The average Bonchev–Trinajstić information content (AvgIpc) is 3.36. The van der Waals surface area contributed by atoms with Gasteiger partial charge in [-0.1, -0.05) is 18.2 Å². The van der Waals surface area contributed by atoms with Crippen LogP contribution in [0.5, 0.6) is 0 Å². The van der Waals surface area contributed by atoms with Gasteiger partial charge in [-0.2, -0.15) is 5.10 Å². The van der Waals surface area contributed by atoms with Crippen molar-refractivity contribution < 1.29 is 14.0 Å². The van der Waals surface area contributed by atoms with Crippen LogP contribution in [-0.2, 0) is 4.79 Å². The number of amides is 2. The molecule has 0 unspecified atom stereocenters. The first-order valence-corrected chi connectivity index (χ1v) is 8.10. The summed E-state index contributed by atoms with van der Waals surface area (Å²) in [5, 5.41) is 9.61. The highest BCUT2D eigenvalue weighted by Gasteiger charge is 2.06. The summed E-state index contributed by atoms with van der Waals surface area (Å²) in [6.45, 7) is 0.629. The van der Waals surface area contributed by atoms with E-state index in [1.165, 1.54) is 12.3 Å². The van der Waals surface area contributed by atoms with Crippen molar-refractivity contribution in [2.24, 2.45) is 0 Å². The molecule has 0 saturated heterocycles. The Balaban J connectivity index is 1.42. The first-order valence-electron chi connectivity index (χ1n) is 8.10. The van der Waals surface area contributed by atoms with Gasteiger partial charge in [0.05, 0.1) is 18.1 Å². The van der Waals surface area contributed by atoms with Crippen LogP contribution in [0.25, 0.3) is 11.8 Å². The number of rotatable bonds is 7. The monoisotopic (exact) mass is 350 g/mol. The Morgan fingerprint density at radius 2 is 1.88 bits per heavy atom. The lowest BCUT2D eigenvalue weighted by Gasteiger charge is -2.03. The number of carbonyl (C=O) groups excluding carboxylic acids is 2. The van der Waals surface area contributed by atoms with E-state index in [4.69, 9.17) is 4.42 Å². The second-order valence-corrected chi connectivity index (χ2v) is 5.41. The highest BCUT2D eigenvalue weighted by Crippen LogP contribution is 2.08. The number of nitrogens with one attached hydrogen (secondary N) is 2. The molecule has 0 atom stereocenters. The highest BCUT2D eigenvalue weighted by atomic mass is 16.3. The van der Waals surface area contributed by atoms with Crippen molar-refractivity contribution in [1.29, 1.82) is 0 Å². The lowest BCUT2D eigenvalue weighted by molar-refractivity contribution is -0.116. The quantitative estimate of drug-likeness (QED) is 0.504. The summed E-state index contributed by atoms with van der Waals surface area (Å²) in [4.78, 5) is 23.4. The Kier molecular flexibility index (Phi) is 5.61. The summed E-state index contributed by atoms with van der Waals surface area (Å²) >= 11 is 0. The SMILES string of the molecule is O=C(/C=C/c1cnn(-c2ccccc2)c1)NCCNC(=O)c1ccco1. The summed E-state index contributed by atoms with van der Waals surface area (Å²) in [7, 11) is 0. The first-order chi connectivity index (χ1) is 12.7. The number of nitrogens with zero attached hydrogens (tertiary/aromatic N) is 2. The number of benzene rings is 1. The maximum Gasteiger partial charge on any atom is 0.287 e. The van der Waals surface area contributed by atoms with Crippen LogP contribution in [0.3, 0.4) is 0 Å². The second-order valence-electron chi connectivity index (χ2n) is 5.41. The second kappa shape index (κ2) is 8.48. The Bertz CT molecular complexity index is 883. The molecule has 26 heavy (non-hydrogen) atoms. The van der Waals surface area contributed by atoms with Gasteiger partial charge in [-0.15, -0.1) is 0 Å². The Labute approximate surface area is 150 Å². The van der Waals surface area contributed by atoms with Crippen LogP contribution in [0.4, 0.5) is 0 Å². The minimum Gasteiger partial charge on any atom is -0.459 e. The molecule has 2 N–H and O–H groups in total. The standard InChI is InChI=1S/C19H18N4O3/c24-18(20-10-11-21-19(25)17-7-4-12-26-17)9-8-15-13-22-23(14-15)16-5-2-1-3-6-16/h1-9,12-14H,10-11H2,(H,20,24)(H,21,25)/b9-8+. The average molecular weight is 350 g/mol. The third-order valence-electron chi connectivity index (χ3n) is 3.51. The summed E-state index contributed by atoms with van der Waals surface area (Å²) in [6, 6.07) is 12.9. The summed E-state index contributed by atoms with van der Waals surface area (Å²) in [5.41, 5.74) is 1.76. The van der Waals surface area contributed by atoms with Crippen LogP contribution in [0.15, 0.2) is 71.6 Å². The molecule has 3 rings (SSSR count). The fraction of sp³-hybridized carbons (Fsp3) is 0.105. The molecular formula is C19H18N4O3. The molecule has 0 aliphatic carbocycles. The van der Waals surface area contributed by atoms with Crippen LogP contribution in [0.2, 0.25) is 0 Å². The number of furan rings is 1. The molecule has 0 spiro atoms. The predicted octanol–water partition coefficient (Wildman–Crippen LogP) is 2.02. The van der Waals surface area contributed by atoms with Gasteiger partial charge in [0.15, 0.2) is 5.76 Å². The van der Waals surface area contributed by atoms with Gasteiger partial charge >= 0.3 is 0 Å². The van der Waals surface area contributed by atoms with Crippen LogP contribution < -0.4 is 10.6 Å². The van der Waals surface area contributed by atoms with Gasteiger partial charge in [0.25, 0.3) is 5.91 Å². The van der Waals surface area contributed by atoms with Crippen molar-refractivity contribution in [2.75, 3.05) is 13.1 Å². The fourth-order valence-corrected chi connectivity index (χ4v) is 2.23. The molecule has 0 aliphatic rings. The van der Waals surface area contributed by atoms with Gasteiger partial charge in [0.2, 0.25) is 5.91 Å². The molecule has 7 heteroatoms. The van der Waals surface area contributed by atoms with E-state index >= 15 is 0 Å². The largest absolute Gasteiger partial charge is 0.459 e. The van der Waals surface area contributed by atoms with Crippen LogP contribution in [0.1, 0.15) is 16.1 Å². The molecule has 2 aromatic heterocycles. The lowest BCUT2D eigenvalue weighted by Crippen LogP contribution is -2.33. The molecule has 1 aromatic carbocycles. The molecule has 7 nitrogen and oxygen atoms in total. The van der Waals surface area contributed by atoms with Gasteiger partial charge in [-0.3, -0.25) is 9.59 Å². The maximum absolute atomic E-state index is 11.8. The normalized spacial score (nSPS) is 10.8. The number of hydrogen-bond donors (Lipinski definition) is 2. The number of hydrogen-bond acceptors (Lipinski definition) is 4. The highest BCUT2D eigenvalue weighted by molar-refractivity contribution is 5.92. The topological polar surface area (TPSA) is 89.2 Å². The Hall–Kier alpha value is -3.61. The van der Waals surface area contributed by atoms with E-state index in [1.54, 1.807) is 29.1 Å². The van der Waals surface area contributed by atoms with E-state index < -0.39 is 0 Å². The van der Waals surface area contributed by atoms with Crippen LogP contribution in [-0.4, -0.2) is 34.7 Å². The van der Waals surface area contributed by atoms with Crippen molar-refractivity contribution in [3.63, 3.8) is 0 Å². The molecule has 0 saturated carbocycles. The molecule has 3 aromatic rings. The van der Waals surface area contributed by atoms with Gasteiger partial charge in [-0.25, -0.2) is 4.68 Å². The van der Waals surface area contributed by atoms with Crippen LogP contribution in [0, 0.1) is 0 Å². The summed E-state index contributed by atoms with van der Waals surface area (Å²) < 4.78 is 6.71.